The van der Waals surface area contributed by atoms with Gasteiger partial charge < -0.3 is 5.32 Å². The van der Waals surface area contributed by atoms with Crippen LogP contribution in [0.25, 0.3) is 0 Å². The third-order valence-electron chi connectivity index (χ3n) is 4.73. The first-order valence-corrected chi connectivity index (χ1v) is 10.8. The highest BCUT2D eigenvalue weighted by atomic mass is 35.5. The number of hydrogen-bond donors (Lipinski definition) is 1. The predicted molar refractivity (Wildman–Crippen MR) is 106 cm³/mol. The summed E-state index contributed by atoms with van der Waals surface area (Å²) in [5.41, 5.74) is 0.951. The monoisotopic (exact) mass is 406 g/mol. The minimum atomic E-state index is -3.68. The highest BCUT2D eigenvalue weighted by molar-refractivity contribution is 7.89. The number of carbonyl (C=O) groups excluding carboxylic acids is 1. The van der Waals surface area contributed by atoms with Crippen molar-refractivity contribution < 1.29 is 13.2 Å². The second-order valence-electron chi connectivity index (χ2n) is 6.79. The van der Waals surface area contributed by atoms with Gasteiger partial charge in [-0.3, -0.25) is 4.79 Å². The summed E-state index contributed by atoms with van der Waals surface area (Å²) in [6.07, 6.45) is 1.78. The number of halogens is 1. The highest BCUT2D eigenvalue weighted by Crippen LogP contribution is 2.26. The molecule has 2 aromatic rings. The summed E-state index contributed by atoms with van der Waals surface area (Å²) in [6.45, 7) is 2.25. The third kappa shape index (κ3) is 4.51. The van der Waals surface area contributed by atoms with E-state index in [0.29, 0.717) is 30.8 Å². The van der Waals surface area contributed by atoms with Crippen LogP contribution < -0.4 is 5.32 Å². The summed E-state index contributed by atoms with van der Waals surface area (Å²) < 4.78 is 27.1. The Morgan fingerprint density at radius 1 is 1.19 bits per heavy atom. The highest BCUT2D eigenvalue weighted by Gasteiger charge is 2.39. The van der Waals surface area contributed by atoms with Crippen molar-refractivity contribution in [2.75, 3.05) is 6.54 Å². The number of nitrogens with zero attached hydrogens (tertiary/aromatic N) is 1. The van der Waals surface area contributed by atoms with Crippen molar-refractivity contribution in [3.8, 4) is 0 Å². The molecule has 0 aliphatic carbocycles. The summed E-state index contributed by atoms with van der Waals surface area (Å²) in [5, 5.41) is 3.61. The molecule has 0 saturated carbocycles. The van der Waals surface area contributed by atoms with Gasteiger partial charge in [0.05, 0.1) is 4.90 Å². The number of sulfonamides is 1. The van der Waals surface area contributed by atoms with Gasteiger partial charge >= 0.3 is 0 Å². The maximum atomic E-state index is 12.9. The first-order chi connectivity index (χ1) is 12.9. The molecule has 0 bridgehead atoms. The van der Waals surface area contributed by atoms with E-state index in [1.165, 1.54) is 4.31 Å². The summed E-state index contributed by atoms with van der Waals surface area (Å²) in [6, 6.07) is 14.9. The maximum absolute atomic E-state index is 12.9. The van der Waals surface area contributed by atoms with Crippen LogP contribution in [0.1, 0.15) is 25.3 Å². The molecule has 1 aliphatic rings. The summed E-state index contributed by atoms with van der Waals surface area (Å²) in [4.78, 5) is 13.0. The Labute approximate surface area is 165 Å². The van der Waals surface area contributed by atoms with Crippen LogP contribution >= 0.6 is 11.6 Å². The Morgan fingerprint density at radius 2 is 1.85 bits per heavy atom. The second kappa shape index (κ2) is 8.42. The van der Waals surface area contributed by atoms with E-state index >= 15 is 0 Å². The Bertz CT molecular complexity index is 902. The Kier molecular flexibility index (Phi) is 6.19. The van der Waals surface area contributed by atoms with E-state index in [-0.39, 0.29) is 16.8 Å². The van der Waals surface area contributed by atoms with Gasteiger partial charge in [0, 0.05) is 17.6 Å². The van der Waals surface area contributed by atoms with Crippen LogP contribution in [0.5, 0.6) is 0 Å². The minimum Gasteiger partial charge on any atom is -0.352 e. The molecule has 0 spiro atoms. The lowest BCUT2D eigenvalue weighted by molar-refractivity contribution is -0.124. The molecule has 5 nitrogen and oxygen atoms in total. The molecule has 0 aromatic heterocycles. The molecule has 144 valence electrons. The second-order valence-corrected chi connectivity index (χ2v) is 9.09. The topological polar surface area (TPSA) is 66.5 Å². The molecular formula is C20H23ClN2O3S. The zero-order chi connectivity index (χ0) is 19.4. The van der Waals surface area contributed by atoms with E-state index in [1.807, 2.05) is 31.2 Å². The molecule has 2 aromatic carbocycles. The van der Waals surface area contributed by atoms with Crippen LogP contribution in [0, 0.1) is 0 Å². The molecule has 7 heteroatoms. The molecule has 3 rings (SSSR count). The van der Waals surface area contributed by atoms with E-state index in [4.69, 9.17) is 11.6 Å². The molecule has 0 radical (unpaired) electrons. The number of benzene rings is 2. The van der Waals surface area contributed by atoms with Crippen molar-refractivity contribution in [2.24, 2.45) is 0 Å². The predicted octanol–water partition coefficient (Wildman–Crippen LogP) is 3.24. The van der Waals surface area contributed by atoms with Gasteiger partial charge in [0.2, 0.25) is 15.9 Å². The van der Waals surface area contributed by atoms with Gasteiger partial charge in [0.25, 0.3) is 0 Å². The van der Waals surface area contributed by atoms with Crippen LogP contribution in [0.2, 0.25) is 5.02 Å². The molecule has 1 fully saturated rings. The van der Waals surface area contributed by atoms with E-state index in [2.05, 4.69) is 5.32 Å². The summed E-state index contributed by atoms with van der Waals surface area (Å²) >= 11 is 6.18. The minimum absolute atomic E-state index is 0.153. The number of rotatable bonds is 6. The summed E-state index contributed by atoms with van der Waals surface area (Å²) in [7, 11) is -3.68. The van der Waals surface area contributed by atoms with E-state index in [0.717, 1.165) is 5.56 Å². The van der Waals surface area contributed by atoms with Gasteiger partial charge in [0.1, 0.15) is 6.04 Å². The molecule has 1 saturated heterocycles. The van der Waals surface area contributed by atoms with Crippen molar-refractivity contribution in [1.82, 2.24) is 9.62 Å². The Hall–Kier alpha value is -1.89. The van der Waals surface area contributed by atoms with Gasteiger partial charge in [0.15, 0.2) is 0 Å². The molecule has 0 unspecified atom stereocenters. The molecule has 1 N–H and O–H groups in total. The van der Waals surface area contributed by atoms with E-state index in [1.54, 1.807) is 30.3 Å². The lowest BCUT2D eigenvalue weighted by atomic mass is 10.1. The molecule has 27 heavy (non-hydrogen) atoms. The molecular weight excluding hydrogens is 384 g/mol. The largest absolute Gasteiger partial charge is 0.352 e. The number of carbonyl (C=O) groups is 1. The first-order valence-electron chi connectivity index (χ1n) is 9.00. The van der Waals surface area contributed by atoms with Gasteiger partial charge in [-0.25, -0.2) is 8.42 Å². The quantitative estimate of drug-likeness (QED) is 0.800. The Balaban J connectivity index is 1.69. The number of nitrogens with one attached hydrogen (secondary N) is 1. The zero-order valence-electron chi connectivity index (χ0n) is 15.1. The van der Waals surface area contributed by atoms with E-state index < -0.39 is 16.1 Å². The SMILES string of the molecule is C[C@@H](Cc1ccccc1Cl)NC(=O)[C@@H]1CCCN1S(=O)(=O)c1ccccc1. The fourth-order valence-electron chi connectivity index (χ4n) is 3.40. The van der Waals surface area contributed by atoms with Gasteiger partial charge in [-0.1, -0.05) is 48.0 Å². The van der Waals surface area contributed by atoms with E-state index in [9.17, 15) is 13.2 Å². The van der Waals surface area contributed by atoms with Gasteiger partial charge in [-0.15, -0.1) is 0 Å². The number of amides is 1. The average molecular weight is 407 g/mol. The van der Waals surface area contributed by atoms with Crippen LogP contribution in [0.4, 0.5) is 0 Å². The van der Waals surface area contributed by atoms with Crippen LogP contribution in [0.3, 0.4) is 0 Å². The molecule has 1 amide bonds. The van der Waals surface area contributed by atoms with Crippen molar-refractivity contribution in [2.45, 2.75) is 43.2 Å². The standard InChI is InChI=1S/C20H23ClN2O3S/c1-15(14-16-8-5-6-11-18(16)21)22-20(24)19-12-7-13-23(19)27(25,26)17-9-3-2-4-10-17/h2-6,8-11,15,19H,7,12-14H2,1H3,(H,22,24)/t15-,19-/m0/s1. The van der Waals surface area contributed by atoms with Crippen LogP contribution in [-0.2, 0) is 21.2 Å². The van der Waals surface area contributed by atoms with Crippen LogP contribution in [-0.4, -0.2) is 37.3 Å². The van der Waals surface area contributed by atoms with Crippen LogP contribution in [0.15, 0.2) is 59.5 Å². The maximum Gasteiger partial charge on any atom is 0.243 e. The van der Waals surface area contributed by atoms with Crippen molar-refractivity contribution in [1.29, 1.82) is 0 Å². The van der Waals surface area contributed by atoms with Gasteiger partial charge in [-0.05, 0) is 49.9 Å². The average Bonchev–Trinajstić information content (AvgIpc) is 3.15. The molecule has 1 heterocycles. The van der Waals surface area contributed by atoms with Crippen molar-refractivity contribution >= 4 is 27.5 Å². The normalized spacial score (nSPS) is 19.0. The fourth-order valence-corrected chi connectivity index (χ4v) is 5.29. The number of hydrogen-bond acceptors (Lipinski definition) is 3. The summed E-state index contributed by atoms with van der Waals surface area (Å²) in [5.74, 6) is -0.258. The Morgan fingerprint density at radius 3 is 2.56 bits per heavy atom. The molecule has 2 atom stereocenters. The fraction of sp³-hybridized carbons (Fsp3) is 0.350. The van der Waals surface area contributed by atoms with Crippen molar-refractivity contribution in [3.63, 3.8) is 0 Å². The molecule has 1 aliphatic heterocycles. The first kappa shape index (κ1) is 19.9. The van der Waals surface area contributed by atoms with Gasteiger partial charge in [-0.2, -0.15) is 4.31 Å². The zero-order valence-corrected chi connectivity index (χ0v) is 16.7. The lowest BCUT2D eigenvalue weighted by Crippen LogP contribution is -2.48. The smallest absolute Gasteiger partial charge is 0.243 e. The lowest BCUT2D eigenvalue weighted by Gasteiger charge is -2.25. The third-order valence-corrected chi connectivity index (χ3v) is 7.02. The van der Waals surface area contributed by atoms with Crippen molar-refractivity contribution in [3.05, 3.63) is 65.2 Å².